The van der Waals surface area contributed by atoms with Crippen molar-refractivity contribution in [1.82, 2.24) is 0 Å². The van der Waals surface area contributed by atoms with Crippen LogP contribution < -0.4 is 4.74 Å². The van der Waals surface area contributed by atoms with E-state index in [2.05, 4.69) is 19.1 Å². The first kappa shape index (κ1) is 16.3. The number of alkyl halides is 1. The SMILES string of the molecule is CCCCOCCC(CCl)Cc1ccc(OC)cc1. The maximum atomic E-state index is 6.04. The van der Waals surface area contributed by atoms with Crippen molar-refractivity contribution in [3.8, 4) is 5.75 Å². The van der Waals surface area contributed by atoms with Gasteiger partial charge in [-0.25, -0.2) is 0 Å². The Balaban J connectivity index is 2.30. The second kappa shape index (κ2) is 10.1. The van der Waals surface area contributed by atoms with Gasteiger partial charge in [-0.05, 0) is 42.9 Å². The molecule has 108 valence electrons. The van der Waals surface area contributed by atoms with Crippen molar-refractivity contribution in [1.29, 1.82) is 0 Å². The third kappa shape index (κ3) is 6.84. The van der Waals surface area contributed by atoms with Gasteiger partial charge in [0, 0.05) is 19.1 Å². The van der Waals surface area contributed by atoms with Gasteiger partial charge in [0.05, 0.1) is 7.11 Å². The zero-order chi connectivity index (χ0) is 13.9. The van der Waals surface area contributed by atoms with Crippen LogP contribution in [0.1, 0.15) is 31.7 Å². The highest BCUT2D eigenvalue weighted by Gasteiger charge is 2.08. The van der Waals surface area contributed by atoms with Gasteiger partial charge in [-0.1, -0.05) is 25.5 Å². The van der Waals surface area contributed by atoms with Crippen molar-refractivity contribution >= 4 is 11.6 Å². The lowest BCUT2D eigenvalue weighted by Crippen LogP contribution is -2.10. The van der Waals surface area contributed by atoms with E-state index in [4.69, 9.17) is 21.1 Å². The highest BCUT2D eigenvalue weighted by molar-refractivity contribution is 6.18. The van der Waals surface area contributed by atoms with Crippen molar-refractivity contribution in [2.24, 2.45) is 5.92 Å². The van der Waals surface area contributed by atoms with Gasteiger partial charge in [-0.15, -0.1) is 11.6 Å². The van der Waals surface area contributed by atoms with Crippen LogP contribution in [0.5, 0.6) is 5.75 Å². The number of hydrogen-bond donors (Lipinski definition) is 0. The summed E-state index contributed by atoms with van der Waals surface area (Å²) < 4.78 is 10.8. The molecular formula is C16H25ClO2. The van der Waals surface area contributed by atoms with E-state index in [1.165, 1.54) is 12.0 Å². The maximum Gasteiger partial charge on any atom is 0.118 e. The summed E-state index contributed by atoms with van der Waals surface area (Å²) >= 11 is 6.04. The van der Waals surface area contributed by atoms with Crippen molar-refractivity contribution in [3.63, 3.8) is 0 Å². The fourth-order valence-corrected chi connectivity index (χ4v) is 2.19. The summed E-state index contributed by atoms with van der Waals surface area (Å²) in [6.07, 6.45) is 4.36. The Labute approximate surface area is 122 Å². The van der Waals surface area contributed by atoms with Crippen molar-refractivity contribution in [2.75, 3.05) is 26.2 Å². The summed E-state index contributed by atoms with van der Waals surface area (Å²) in [6, 6.07) is 8.21. The van der Waals surface area contributed by atoms with Gasteiger partial charge < -0.3 is 9.47 Å². The van der Waals surface area contributed by atoms with Gasteiger partial charge in [0.2, 0.25) is 0 Å². The number of benzene rings is 1. The fourth-order valence-electron chi connectivity index (χ4n) is 1.93. The Morgan fingerprint density at radius 1 is 1.16 bits per heavy atom. The van der Waals surface area contributed by atoms with Crippen molar-refractivity contribution < 1.29 is 9.47 Å². The number of halogens is 1. The summed E-state index contributed by atoms with van der Waals surface area (Å²) in [5.74, 6) is 2.06. The predicted octanol–water partition coefficient (Wildman–Crippen LogP) is 4.30. The molecule has 1 aromatic rings. The molecule has 0 spiro atoms. The highest BCUT2D eigenvalue weighted by Crippen LogP contribution is 2.17. The first-order valence-corrected chi connectivity index (χ1v) is 7.60. The molecule has 0 aliphatic heterocycles. The summed E-state index contributed by atoms with van der Waals surface area (Å²) in [5, 5.41) is 0. The molecule has 0 heterocycles. The van der Waals surface area contributed by atoms with Gasteiger partial charge in [-0.3, -0.25) is 0 Å². The first-order valence-electron chi connectivity index (χ1n) is 7.06. The first-order chi connectivity index (χ1) is 9.30. The van der Waals surface area contributed by atoms with Gasteiger partial charge >= 0.3 is 0 Å². The highest BCUT2D eigenvalue weighted by atomic mass is 35.5. The summed E-state index contributed by atoms with van der Waals surface area (Å²) in [4.78, 5) is 0. The van der Waals surface area contributed by atoms with E-state index in [1.54, 1.807) is 7.11 Å². The minimum Gasteiger partial charge on any atom is -0.497 e. The molecule has 0 N–H and O–H groups in total. The molecule has 1 atom stereocenters. The van der Waals surface area contributed by atoms with Crippen LogP contribution in [0.15, 0.2) is 24.3 Å². The number of rotatable bonds is 10. The van der Waals surface area contributed by atoms with E-state index in [9.17, 15) is 0 Å². The molecule has 0 saturated carbocycles. The molecule has 1 unspecified atom stereocenters. The molecule has 19 heavy (non-hydrogen) atoms. The molecule has 0 fully saturated rings. The fraction of sp³-hybridized carbons (Fsp3) is 0.625. The molecule has 3 heteroatoms. The van der Waals surface area contributed by atoms with E-state index < -0.39 is 0 Å². The number of unbranched alkanes of at least 4 members (excludes halogenated alkanes) is 1. The lowest BCUT2D eigenvalue weighted by molar-refractivity contribution is 0.119. The van der Waals surface area contributed by atoms with E-state index in [1.807, 2.05) is 12.1 Å². The van der Waals surface area contributed by atoms with E-state index in [0.29, 0.717) is 11.8 Å². The molecule has 0 saturated heterocycles. The van der Waals surface area contributed by atoms with Crippen LogP contribution in [0.4, 0.5) is 0 Å². The second-order valence-electron chi connectivity index (χ2n) is 4.83. The van der Waals surface area contributed by atoms with Crippen LogP contribution in [-0.2, 0) is 11.2 Å². The molecule has 1 aromatic carbocycles. The Morgan fingerprint density at radius 3 is 2.47 bits per heavy atom. The molecule has 0 amide bonds. The molecule has 0 radical (unpaired) electrons. The van der Waals surface area contributed by atoms with Crippen molar-refractivity contribution in [3.05, 3.63) is 29.8 Å². The third-order valence-electron chi connectivity index (χ3n) is 3.21. The third-order valence-corrected chi connectivity index (χ3v) is 3.65. The van der Waals surface area contributed by atoms with E-state index >= 15 is 0 Å². The Morgan fingerprint density at radius 2 is 1.89 bits per heavy atom. The zero-order valence-corrected chi connectivity index (χ0v) is 12.8. The Bertz CT molecular complexity index is 324. The van der Waals surface area contributed by atoms with Crippen LogP contribution in [0.25, 0.3) is 0 Å². The monoisotopic (exact) mass is 284 g/mol. The molecule has 0 aromatic heterocycles. The lowest BCUT2D eigenvalue weighted by Gasteiger charge is -2.14. The average molecular weight is 285 g/mol. The standard InChI is InChI=1S/C16H25ClO2/c1-3-4-10-19-11-9-15(13-17)12-14-5-7-16(18-2)8-6-14/h5-8,15H,3-4,9-13H2,1-2H3. The lowest BCUT2D eigenvalue weighted by atomic mass is 9.98. The van der Waals surface area contributed by atoms with Gasteiger partial charge in [-0.2, -0.15) is 0 Å². The van der Waals surface area contributed by atoms with Gasteiger partial charge in [0.15, 0.2) is 0 Å². The quantitative estimate of drug-likeness (QED) is 0.471. The van der Waals surface area contributed by atoms with E-state index in [-0.39, 0.29) is 0 Å². The van der Waals surface area contributed by atoms with Crippen LogP contribution >= 0.6 is 11.6 Å². The van der Waals surface area contributed by atoms with Gasteiger partial charge in [0.25, 0.3) is 0 Å². The second-order valence-corrected chi connectivity index (χ2v) is 5.14. The summed E-state index contributed by atoms with van der Waals surface area (Å²) in [7, 11) is 1.68. The topological polar surface area (TPSA) is 18.5 Å². The molecule has 1 rings (SSSR count). The smallest absolute Gasteiger partial charge is 0.118 e. The summed E-state index contributed by atoms with van der Waals surface area (Å²) in [5.41, 5.74) is 1.31. The number of hydrogen-bond acceptors (Lipinski definition) is 2. The molecule has 0 aliphatic carbocycles. The minimum atomic E-state index is 0.483. The number of ether oxygens (including phenoxy) is 2. The normalized spacial score (nSPS) is 12.4. The van der Waals surface area contributed by atoms with E-state index in [0.717, 1.165) is 38.2 Å². The largest absolute Gasteiger partial charge is 0.497 e. The Hall–Kier alpha value is -0.730. The Kier molecular flexibility index (Phi) is 8.68. The zero-order valence-electron chi connectivity index (χ0n) is 12.0. The summed E-state index contributed by atoms with van der Waals surface area (Å²) in [6.45, 7) is 3.86. The minimum absolute atomic E-state index is 0.483. The molecule has 2 nitrogen and oxygen atoms in total. The molecule has 0 bridgehead atoms. The molecule has 0 aliphatic rings. The maximum absolute atomic E-state index is 6.04. The predicted molar refractivity (Wildman–Crippen MR) is 81.3 cm³/mol. The van der Waals surface area contributed by atoms with Gasteiger partial charge in [0.1, 0.15) is 5.75 Å². The molecular weight excluding hydrogens is 260 g/mol. The van der Waals surface area contributed by atoms with Crippen LogP contribution in [0, 0.1) is 5.92 Å². The van der Waals surface area contributed by atoms with Crippen LogP contribution in [0.2, 0.25) is 0 Å². The average Bonchev–Trinajstić information content (AvgIpc) is 2.46. The van der Waals surface area contributed by atoms with Crippen molar-refractivity contribution in [2.45, 2.75) is 32.6 Å². The number of methoxy groups -OCH3 is 1. The van der Waals surface area contributed by atoms with Crippen LogP contribution in [-0.4, -0.2) is 26.2 Å². The van der Waals surface area contributed by atoms with Crippen LogP contribution in [0.3, 0.4) is 0 Å².